The van der Waals surface area contributed by atoms with E-state index >= 15 is 0 Å². The molecule has 0 aliphatic heterocycles. The molecule has 2 heterocycles. The molecule has 0 amide bonds. The van der Waals surface area contributed by atoms with Crippen molar-refractivity contribution in [3.8, 4) is 17.1 Å². The second-order valence-corrected chi connectivity index (χ2v) is 4.07. The smallest absolute Gasteiger partial charge is 0.144 e. The predicted molar refractivity (Wildman–Crippen MR) is 71.6 cm³/mol. The summed E-state index contributed by atoms with van der Waals surface area (Å²) in [5, 5.41) is 0. The molecule has 0 spiro atoms. The number of anilines is 1. The van der Waals surface area contributed by atoms with Gasteiger partial charge in [0, 0.05) is 17.4 Å². The fourth-order valence-corrected chi connectivity index (χ4v) is 1.99. The Morgan fingerprint density at radius 2 is 2.11 bits per heavy atom. The van der Waals surface area contributed by atoms with Crippen LogP contribution in [0.15, 0.2) is 48.8 Å². The number of hydrogen-bond donors (Lipinski definition) is 1. The third-order valence-corrected chi connectivity index (χ3v) is 2.88. The van der Waals surface area contributed by atoms with Crippen LogP contribution in [0.2, 0.25) is 0 Å². The van der Waals surface area contributed by atoms with Crippen LogP contribution in [-0.2, 0) is 0 Å². The average molecular weight is 239 g/mol. The van der Waals surface area contributed by atoms with Crippen LogP contribution < -0.4 is 10.5 Å². The summed E-state index contributed by atoms with van der Waals surface area (Å²) in [6.07, 6.45) is 3.73. The van der Waals surface area contributed by atoms with Crippen LogP contribution >= 0.6 is 0 Å². The van der Waals surface area contributed by atoms with E-state index in [-0.39, 0.29) is 0 Å². The van der Waals surface area contributed by atoms with E-state index in [4.69, 9.17) is 10.5 Å². The lowest BCUT2D eigenvalue weighted by molar-refractivity contribution is 0.415. The Hall–Kier alpha value is -2.49. The summed E-state index contributed by atoms with van der Waals surface area (Å²) < 4.78 is 7.23. The fraction of sp³-hybridized carbons (Fsp3) is 0.0714. The van der Waals surface area contributed by atoms with Crippen molar-refractivity contribution in [1.29, 1.82) is 0 Å². The maximum absolute atomic E-state index is 5.76. The molecule has 90 valence electrons. The van der Waals surface area contributed by atoms with Crippen LogP contribution in [0.5, 0.6) is 5.75 Å². The van der Waals surface area contributed by atoms with E-state index in [0.717, 1.165) is 28.3 Å². The van der Waals surface area contributed by atoms with Crippen LogP contribution in [0.4, 0.5) is 5.69 Å². The molecule has 0 saturated carbocycles. The van der Waals surface area contributed by atoms with Gasteiger partial charge in [-0.25, -0.2) is 4.98 Å². The van der Waals surface area contributed by atoms with Gasteiger partial charge in [-0.1, -0.05) is 12.1 Å². The Morgan fingerprint density at radius 1 is 1.22 bits per heavy atom. The van der Waals surface area contributed by atoms with E-state index in [1.807, 2.05) is 53.2 Å². The summed E-state index contributed by atoms with van der Waals surface area (Å²) in [5.41, 5.74) is 8.48. The lowest BCUT2D eigenvalue weighted by Gasteiger charge is -2.04. The van der Waals surface area contributed by atoms with E-state index in [9.17, 15) is 0 Å². The molecule has 0 aliphatic rings. The number of nitrogens with zero attached hydrogens (tertiary/aromatic N) is 2. The van der Waals surface area contributed by atoms with Gasteiger partial charge in [0.1, 0.15) is 11.6 Å². The van der Waals surface area contributed by atoms with Crippen molar-refractivity contribution in [2.75, 3.05) is 12.8 Å². The third-order valence-electron chi connectivity index (χ3n) is 2.88. The molecule has 0 unspecified atom stereocenters. The largest absolute Gasteiger partial charge is 0.497 e. The molecule has 2 N–H and O–H groups in total. The first-order valence-electron chi connectivity index (χ1n) is 5.65. The molecule has 0 fully saturated rings. The zero-order valence-corrected chi connectivity index (χ0v) is 10.00. The van der Waals surface area contributed by atoms with Crippen LogP contribution in [-0.4, -0.2) is 16.5 Å². The van der Waals surface area contributed by atoms with Gasteiger partial charge in [-0.2, -0.15) is 0 Å². The van der Waals surface area contributed by atoms with E-state index in [1.165, 1.54) is 0 Å². The molecule has 0 aliphatic carbocycles. The molecular formula is C14H13N3O. The van der Waals surface area contributed by atoms with Crippen molar-refractivity contribution >= 4 is 11.2 Å². The van der Waals surface area contributed by atoms with Gasteiger partial charge in [0.25, 0.3) is 0 Å². The number of fused-ring (bicyclic) bond motifs is 1. The minimum absolute atomic E-state index is 0.736. The van der Waals surface area contributed by atoms with Crippen LogP contribution in [0.25, 0.3) is 16.9 Å². The normalized spacial score (nSPS) is 10.7. The van der Waals surface area contributed by atoms with E-state index in [2.05, 4.69) is 4.98 Å². The van der Waals surface area contributed by atoms with Gasteiger partial charge in [-0.15, -0.1) is 0 Å². The van der Waals surface area contributed by atoms with Gasteiger partial charge in [0.15, 0.2) is 0 Å². The summed E-state index contributed by atoms with van der Waals surface area (Å²) in [4.78, 5) is 4.43. The van der Waals surface area contributed by atoms with Gasteiger partial charge in [-0.3, -0.25) is 4.40 Å². The number of pyridine rings is 1. The number of ether oxygens (including phenoxy) is 1. The maximum atomic E-state index is 5.76. The molecule has 2 aromatic heterocycles. The highest BCUT2D eigenvalue weighted by molar-refractivity contribution is 5.66. The number of rotatable bonds is 2. The number of hydrogen-bond acceptors (Lipinski definition) is 3. The Morgan fingerprint density at radius 3 is 2.94 bits per heavy atom. The Balaban J connectivity index is 2.19. The molecule has 4 heteroatoms. The molecule has 0 atom stereocenters. The number of imidazole rings is 1. The number of nitrogens with two attached hydrogens (primary N) is 1. The van der Waals surface area contributed by atoms with Crippen LogP contribution in [0, 0.1) is 0 Å². The van der Waals surface area contributed by atoms with Crippen molar-refractivity contribution in [2.24, 2.45) is 0 Å². The molecule has 0 radical (unpaired) electrons. The molecule has 4 nitrogen and oxygen atoms in total. The van der Waals surface area contributed by atoms with E-state index in [0.29, 0.717) is 0 Å². The van der Waals surface area contributed by atoms with Crippen LogP contribution in [0.3, 0.4) is 0 Å². The van der Waals surface area contributed by atoms with Gasteiger partial charge in [0.2, 0.25) is 0 Å². The van der Waals surface area contributed by atoms with Gasteiger partial charge >= 0.3 is 0 Å². The van der Waals surface area contributed by atoms with Crippen LogP contribution in [0.1, 0.15) is 0 Å². The van der Waals surface area contributed by atoms with E-state index < -0.39 is 0 Å². The summed E-state index contributed by atoms with van der Waals surface area (Å²) in [6.45, 7) is 0. The zero-order chi connectivity index (χ0) is 12.5. The van der Waals surface area contributed by atoms with Crippen molar-refractivity contribution in [2.45, 2.75) is 0 Å². The average Bonchev–Trinajstić information content (AvgIpc) is 2.81. The van der Waals surface area contributed by atoms with Gasteiger partial charge < -0.3 is 10.5 Å². The Labute approximate surface area is 105 Å². The van der Waals surface area contributed by atoms with Crippen molar-refractivity contribution in [3.05, 3.63) is 48.8 Å². The summed E-state index contributed by atoms with van der Waals surface area (Å²) in [5.74, 6) is 1.70. The maximum Gasteiger partial charge on any atom is 0.144 e. The number of methoxy groups -OCH3 is 1. The topological polar surface area (TPSA) is 52.5 Å². The third kappa shape index (κ3) is 1.68. The second kappa shape index (κ2) is 4.07. The Bertz CT molecular complexity index is 703. The quantitative estimate of drug-likeness (QED) is 0.747. The highest BCUT2D eigenvalue weighted by Crippen LogP contribution is 2.24. The minimum atomic E-state index is 0.736. The van der Waals surface area contributed by atoms with E-state index in [1.54, 1.807) is 7.11 Å². The Kier molecular flexibility index (Phi) is 2.41. The summed E-state index contributed by atoms with van der Waals surface area (Å²) >= 11 is 0. The number of benzene rings is 1. The molecule has 0 bridgehead atoms. The summed E-state index contributed by atoms with van der Waals surface area (Å²) in [7, 11) is 1.66. The number of nitrogen functional groups attached to an aromatic ring is 1. The second-order valence-electron chi connectivity index (χ2n) is 4.07. The molecular weight excluding hydrogens is 226 g/mol. The SMILES string of the molecule is COc1cccc(-c2ncc3cc(N)ccn23)c1. The number of aromatic nitrogens is 2. The zero-order valence-electron chi connectivity index (χ0n) is 10.00. The summed E-state index contributed by atoms with van der Waals surface area (Å²) in [6, 6.07) is 11.6. The molecule has 18 heavy (non-hydrogen) atoms. The monoisotopic (exact) mass is 239 g/mol. The first-order chi connectivity index (χ1) is 8.78. The lowest BCUT2D eigenvalue weighted by Crippen LogP contribution is -1.92. The first kappa shape index (κ1) is 10.7. The highest BCUT2D eigenvalue weighted by Gasteiger charge is 2.07. The van der Waals surface area contributed by atoms with Gasteiger partial charge in [0.05, 0.1) is 18.8 Å². The molecule has 1 aromatic carbocycles. The predicted octanol–water partition coefficient (Wildman–Crippen LogP) is 2.59. The first-order valence-corrected chi connectivity index (χ1v) is 5.65. The van der Waals surface area contributed by atoms with Gasteiger partial charge in [-0.05, 0) is 24.3 Å². The highest BCUT2D eigenvalue weighted by atomic mass is 16.5. The minimum Gasteiger partial charge on any atom is -0.497 e. The molecule has 3 rings (SSSR count). The molecule has 0 saturated heterocycles. The fourth-order valence-electron chi connectivity index (χ4n) is 1.99. The molecule has 3 aromatic rings. The lowest BCUT2D eigenvalue weighted by atomic mass is 10.2. The van der Waals surface area contributed by atoms with Crippen molar-refractivity contribution in [1.82, 2.24) is 9.38 Å². The standard InChI is InChI=1S/C14H13N3O/c1-18-13-4-2-3-10(7-13)14-16-9-12-8-11(15)5-6-17(12)14/h2-9H,15H2,1H3. The van der Waals surface area contributed by atoms with Crippen molar-refractivity contribution < 1.29 is 4.74 Å². The van der Waals surface area contributed by atoms with Crippen molar-refractivity contribution in [3.63, 3.8) is 0 Å².